The Morgan fingerprint density at radius 3 is 1.94 bits per heavy atom. The van der Waals surface area contributed by atoms with E-state index in [0.29, 0.717) is 6.54 Å². The quantitative estimate of drug-likeness (QED) is 0.792. The van der Waals surface area contributed by atoms with Crippen LogP contribution in [0.3, 0.4) is 0 Å². The zero-order valence-electron chi connectivity index (χ0n) is 9.04. The fourth-order valence-corrected chi connectivity index (χ4v) is 1.81. The van der Waals surface area contributed by atoms with E-state index in [2.05, 4.69) is 9.97 Å². The van der Waals surface area contributed by atoms with Crippen LogP contribution in [0.5, 0.6) is 0 Å². The fraction of sp³-hybridized carbons (Fsp3) is 0.400. The van der Waals surface area contributed by atoms with Crippen molar-refractivity contribution in [3.05, 3.63) is 21.7 Å². The van der Waals surface area contributed by atoms with E-state index >= 15 is 0 Å². The topological polar surface area (TPSA) is 63.2 Å². The molecule has 90 valence electrons. The molecule has 0 aliphatic carbocycles. The highest BCUT2D eigenvalue weighted by Gasteiger charge is 2.38. The van der Waals surface area contributed by atoms with Gasteiger partial charge in [0.2, 0.25) is 0 Å². The zero-order valence-corrected chi connectivity index (χ0v) is 10.5. The second kappa shape index (κ2) is 4.58. The van der Waals surface area contributed by atoms with Crippen LogP contribution in [0.2, 0.25) is 10.3 Å². The number of halogens is 2. The Labute approximate surface area is 108 Å². The Morgan fingerprint density at radius 2 is 1.53 bits per heavy atom. The predicted molar refractivity (Wildman–Crippen MR) is 62.3 cm³/mol. The summed E-state index contributed by atoms with van der Waals surface area (Å²) < 4.78 is 0. The molecule has 1 aromatic rings. The first-order chi connectivity index (χ1) is 8.06. The van der Waals surface area contributed by atoms with Gasteiger partial charge in [-0.25, -0.2) is 9.97 Å². The third kappa shape index (κ3) is 2.00. The fourth-order valence-electron chi connectivity index (χ4n) is 1.56. The van der Waals surface area contributed by atoms with Gasteiger partial charge in [0.1, 0.15) is 0 Å². The van der Waals surface area contributed by atoms with Crippen LogP contribution >= 0.6 is 23.2 Å². The molecule has 0 atom stereocenters. The van der Waals surface area contributed by atoms with E-state index in [-0.39, 0.29) is 21.7 Å². The van der Waals surface area contributed by atoms with Crippen LogP contribution in [0.25, 0.3) is 0 Å². The SMILES string of the molecule is CCCCN1C(=O)c2nc(Cl)c(Cl)nc2C1=O. The molecular formula is C10H9Cl2N3O2. The van der Waals surface area contributed by atoms with E-state index in [0.717, 1.165) is 17.7 Å². The molecule has 0 saturated carbocycles. The van der Waals surface area contributed by atoms with E-state index in [9.17, 15) is 9.59 Å². The third-order valence-electron chi connectivity index (χ3n) is 2.45. The number of unbranched alkanes of at least 4 members (excludes halogenated alkanes) is 1. The van der Waals surface area contributed by atoms with E-state index in [1.165, 1.54) is 0 Å². The molecule has 0 radical (unpaired) electrons. The molecule has 1 aliphatic rings. The number of carbonyl (C=O) groups is 2. The minimum Gasteiger partial charge on any atom is -0.272 e. The number of hydrogen-bond donors (Lipinski definition) is 0. The number of aromatic nitrogens is 2. The molecule has 7 heteroatoms. The van der Waals surface area contributed by atoms with Crippen molar-refractivity contribution in [3.8, 4) is 0 Å². The molecule has 1 aromatic heterocycles. The van der Waals surface area contributed by atoms with Gasteiger partial charge in [-0.3, -0.25) is 14.5 Å². The Balaban J connectivity index is 2.39. The molecule has 0 N–H and O–H groups in total. The molecule has 0 unspecified atom stereocenters. The number of nitrogens with zero attached hydrogens (tertiary/aromatic N) is 3. The maximum atomic E-state index is 11.9. The van der Waals surface area contributed by atoms with Gasteiger partial charge >= 0.3 is 0 Å². The monoisotopic (exact) mass is 273 g/mol. The molecule has 0 aromatic carbocycles. The highest BCUT2D eigenvalue weighted by atomic mass is 35.5. The number of imide groups is 1. The molecular weight excluding hydrogens is 265 g/mol. The molecule has 2 amide bonds. The lowest BCUT2D eigenvalue weighted by Gasteiger charge is -2.11. The highest BCUT2D eigenvalue weighted by Crippen LogP contribution is 2.25. The summed E-state index contributed by atoms with van der Waals surface area (Å²) in [7, 11) is 0. The molecule has 0 fully saturated rings. The Kier molecular flexibility index (Phi) is 3.31. The van der Waals surface area contributed by atoms with E-state index < -0.39 is 11.8 Å². The van der Waals surface area contributed by atoms with Gasteiger partial charge in [0.25, 0.3) is 11.8 Å². The number of amides is 2. The van der Waals surface area contributed by atoms with Gasteiger partial charge < -0.3 is 0 Å². The van der Waals surface area contributed by atoms with Crippen molar-refractivity contribution in [2.45, 2.75) is 19.8 Å². The van der Waals surface area contributed by atoms with Gasteiger partial charge in [0.05, 0.1) is 0 Å². The van der Waals surface area contributed by atoms with Crippen LogP contribution in [0.4, 0.5) is 0 Å². The Bertz CT molecular complexity index is 464. The molecule has 2 heterocycles. The standard InChI is InChI=1S/C10H9Cl2N3O2/c1-2-3-4-15-9(16)5-6(10(15)17)14-8(12)7(11)13-5/h2-4H2,1H3. The maximum absolute atomic E-state index is 11.9. The molecule has 17 heavy (non-hydrogen) atoms. The van der Waals surface area contributed by atoms with Crippen molar-refractivity contribution < 1.29 is 9.59 Å². The van der Waals surface area contributed by atoms with Crippen molar-refractivity contribution in [2.75, 3.05) is 6.54 Å². The van der Waals surface area contributed by atoms with Crippen LogP contribution in [-0.4, -0.2) is 33.2 Å². The van der Waals surface area contributed by atoms with Crippen molar-refractivity contribution in [1.29, 1.82) is 0 Å². The summed E-state index contributed by atoms with van der Waals surface area (Å²) in [5.41, 5.74) is -0.0268. The smallest absolute Gasteiger partial charge is 0.272 e. The van der Waals surface area contributed by atoms with E-state index in [1.807, 2.05) is 6.92 Å². The Morgan fingerprint density at radius 1 is 1.06 bits per heavy atom. The predicted octanol–water partition coefficient (Wildman–Crippen LogP) is 2.18. The number of fused-ring (bicyclic) bond motifs is 1. The first-order valence-electron chi connectivity index (χ1n) is 5.15. The summed E-state index contributed by atoms with van der Waals surface area (Å²) in [6, 6.07) is 0. The van der Waals surface area contributed by atoms with Gasteiger partial charge in [-0.15, -0.1) is 0 Å². The minimum absolute atomic E-state index is 0.0134. The van der Waals surface area contributed by atoms with E-state index in [1.54, 1.807) is 0 Å². The number of carbonyl (C=O) groups excluding carboxylic acids is 2. The first-order valence-corrected chi connectivity index (χ1v) is 5.91. The van der Waals surface area contributed by atoms with Crippen molar-refractivity contribution in [2.24, 2.45) is 0 Å². The zero-order chi connectivity index (χ0) is 12.6. The molecule has 0 bridgehead atoms. The second-order valence-electron chi connectivity index (χ2n) is 3.62. The number of hydrogen-bond acceptors (Lipinski definition) is 4. The van der Waals surface area contributed by atoms with E-state index in [4.69, 9.17) is 23.2 Å². The van der Waals surface area contributed by atoms with Crippen molar-refractivity contribution in [3.63, 3.8) is 0 Å². The summed E-state index contributed by atoms with van der Waals surface area (Å²) >= 11 is 11.3. The summed E-state index contributed by atoms with van der Waals surface area (Å²) in [5.74, 6) is -0.908. The van der Waals surface area contributed by atoms with Crippen LogP contribution in [0.15, 0.2) is 0 Å². The molecule has 5 nitrogen and oxygen atoms in total. The summed E-state index contributed by atoms with van der Waals surface area (Å²) in [5, 5.41) is -0.132. The maximum Gasteiger partial charge on any atom is 0.281 e. The average molecular weight is 274 g/mol. The first kappa shape index (κ1) is 12.3. The van der Waals surface area contributed by atoms with Gasteiger partial charge in [-0.1, -0.05) is 36.5 Å². The number of rotatable bonds is 3. The summed E-state index contributed by atoms with van der Waals surface area (Å²) in [6.07, 6.45) is 1.63. The van der Waals surface area contributed by atoms with Gasteiger partial charge in [-0.2, -0.15) is 0 Å². The molecule has 2 rings (SSSR count). The largest absolute Gasteiger partial charge is 0.281 e. The third-order valence-corrected chi connectivity index (χ3v) is 3.07. The lowest BCUT2D eigenvalue weighted by molar-refractivity contribution is 0.0648. The minimum atomic E-state index is -0.454. The lowest BCUT2D eigenvalue weighted by atomic mass is 10.3. The van der Waals surface area contributed by atoms with Crippen molar-refractivity contribution in [1.82, 2.24) is 14.9 Å². The van der Waals surface area contributed by atoms with Gasteiger partial charge in [0.15, 0.2) is 21.7 Å². The van der Waals surface area contributed by atoms with Gasteiger partial charge in [0, 0.05) is 6.54 Å². The normalized spacial score (nSPS) is 14.4. The lowest BCUT2D eigenvalue weighted by Crippen LogP contribution is -2.30. The van der Waals surface area contributed by atoms with Crippen LogP contribution < -0.4 is 0 Å². The molecule has 0 spiro atoms. The van der Waals surface area contributed by atoms with Crippen LogP contribution in [-0.2, 0) is 0 Å². The van der Waals surface area contributed by atoms with Crippen molar-refractivity contribution >= 4 is 35.0 Å². The molecule has 0 saturated heterocycles. The molecule has 1 aliphatic heterocycles. The Hall–Kier alpha value is -1.20. The highest BCUT2D eigenvalue weighted by molar-refractivity contribution is 6.40. The summed E-state index contributed by atoms with van der Waals surface area (Å²) in [6.45, 7) is 2.34. The van der Waals surface area contributed by atoms with Crippen LogP contribution in [0.1, 0.15) is 40.7 Å². The average Bonchev–Trinajstić information content (AvgIpc) is 2.51. The van der Waals surface area contributed by atoms with Crippen LogP contribution in [0, 0.1) is 0 Å². The summed E-state index contributed by atoms with van der Waals surface area (Å²) in [4.78, 5) is 32.5. The second-order valence-corrected chi connectivity index (χ2v) is 4.33. The van der Waals surface area contributed by atoms with Gasteiger partial charge in [-0.05, 0) is 6.42 Å².